The SMILES string of the molecule is CC(C)CCC[C@@H](C)[C@H]1CC[C@H]2[C@@H]3CC=C4C[C@@H](O)CC[C@]4(C)[C@H]3CC[C@]12C.N[C@H](C(=O)O)[C@H](O)c1ccc(O)c(O)c1. The molecule has 0 unspecified atom stereocenters. The second-order valence-electron chi connectivity index (χ2n) is 15.2. The van der Waals surface area contributed by atoms with Crippen LogP contribution in [-0.4, -0.2) is 43.6 Å². The Balaban J connectivity index is 0.000000239. The minimum absolute atomic E-state index is 0.0766. The Bertz CT molecular complexity index is 1150. The first-order valence-corrected chi connectivity index (χ1v) is 16.7. The number of carboxylic acid groups (broad SMARTS) is 1. The second kappa shape index (κ2) is 13.5. The van der Waals surface area contributed by atoms with Crippen LogP contribution in [-0.2, 0) is 4.79 Å². The summed E-state index contributed by atoms with van der Waals surface area (Å²) in [5.74, 6) is 3.31. The summed E-state index contributed by atoms with van der Waals surface area (Å²) in [6.45, 7) is 12.6. The molecule has 1 aromatic rings. The number of phenols is 2. The fraction of sp³-hybridized carbons (Fsp3) is 0.750. The van der Waals surface area contributed by atoms with Crippen molar-refractivity contribution in [1.82, 2.24) is 0 Å². The molecule has 3 saturated carbocycles. The zero-order chi connectivity index (χ0) is 31.7. The summed E-state index contributed by atoms with van der Waals surface area (Å²) >= 11 is 0. The van der Waals surface area contributed by atoms with Gasteiger partial charge in [0.15, 0.2) is 11.5 Å². The highest BCUT2D eigenvalue weighted by atomic mass is 16.4. The van der Waals surface area contributed by atoms with E-state index < -0.39 is 23.9 Å². The fourth-order valence-corrected chi connectivity index (χ4v) is 9.73. The van der Waals surface area contributed by atoms with Gasteiger partial charge >= 0.3 is 5.97 Å². The van der Waals surface area contributed by atoms with Crippen LogP contribution in [0.15, 0.2) is 29.8 Å². The number of aliphatic hydroxyl groups excluding tert-OH is 2. The summed E-state index contributed by atoms with van der Waals surface area (Å²) in [6, 6.07) is 2.00. The zero-order valence-electron chi connectivity index (χ0n) is 27.0. The Hall–Kier alpha value is -2.09. The first-order chi connectivity index (χ1) is 20.2. The minimum Gasteiger partial charge on any atom is -0.504 e. The molecule has 3 fully saturated rings. The van der Waals surface area contributed by atoms with E-state index in [0.29, 0.717) is 10.8 Å². The highest BCUT2D eigenvalue weighted by molar-refractivity contribution is 5.74. The van der Waals surface area contributed by atoms with Crippen molar-refractivity contribution in [3.8, 4) is 11.5 Å². The van der Waals surface area contributed by atoms with E-state index in [1.807, 2.05) is 0 Å². The lowest BCUT2D eigenvalue weighted by molar-refractivity contribution is -0.141. The maximum absolute atomic E-state index is 10.5. The summed E-state index contributed by atoms with van der Waals surface area (Å²) in [6.07, 6.45) is 15.7. The molecule has 0 aliphatic heterocycles. The number of hydrogen-bond donors (Lipinski definition) is 6. The molecule has 4 aliphatic carbocycles. The molecule has 1 aromatic carbocycles. The third kappa shape index (κ3) is 6.94. The topological polar surface area (TPSA) is 144 Å². The van der Waals surface area contributed by atoms with E-state index in [1.54, 1.807) is 5.57 Å². The van der Waals surface area contributed by atoms with Crippen LogP contribution in [0.2, 0.25) is 0 Å². The molecule has 7 N–H and O–H groups in total. The van der Waals surface area contributed by atoms with Crippen molar-refractivity contribution in [3.63, 3.8) is 0 Å². The normalized spacial score (nSPS) is 35.4. The van der Waals surface area contributed by atoms with Crippen molar-refractivity contribution in [2.75, 3.05) is 0 Å². The van der Waals surface area contributed by atoms with Crippen LogP contribution in [0, 0.1) is 46.3 Å². The third-order valence-electron chi connectivity index (χ3n) is 12.2. The number of carboxylic acids is 1. The summed E-state index contributed by atoms with van der Waals surface area (Å²) in [7, 11) is 0. The van der Waals surface area contributed by atoms with E-state index in [1.165, 1.54) is 63.9 Å². The number of phenolic OH excluding ortho intramolecular Hbond substituents is 2. The molecule has 4 aliphatic rings. The quantitative estimate of drug-likeness (QED) is 0.140. The molecule has 5 rings (SSSR count). The molecule has 7 heteroatoms. The van der Waals surface area contributed by atoms with Crippen LogP contribution in [0.4, 0.5) is 0 Å². The van der Waals surface area contributed by atoms with E-state index in [0.717, 1.165) is 60.5 Å². The molecule has 0 bridgehead atoms. The lowest BCUT2D eigenvalue weighted by Gasteiger charge is -2.58. The van der Waals surface area contributed by atoms with Crippen LogP contribution < -0.4 is 5.73 Å². The van der Waals surface area contributed by atoms with Gasteiger partial charge in [0.05, 0.1) is 6.10 Å². The highest BCUT2D eigenvalue weighted by Crippen LogP contribution is 2.67. The smallest absolute Gasteiger partial charge is 0.323 e. The number of fused-ring (bicyclic) bond motifs is 5. The number of benzene rings is 1. The Morgan fingerprint density at radius 2 is 1.72 bits per heavy atom. The lowest BCUT2D eigenvalue weighted by atomic mass is 9.47. The van der Waals surface area contributed by atoms with Gasteiger partial charge in [-0.25, -0.2) is 0 Å². The number of aliphatic carboxylic acids is 1. The Labute approximate surface area is 258 Å². The fourth-order valence-electron chi connectivity index (χ4n) is 9.73. The number of allylic oxidation sites excluding steroid dienone is 1. The summed E-state index contributed by atoms with van der Waals surface area (Å²) in [5, 5.41) is 46.3. The Kier molecular flexibility index (Phi) is 10.6. The van der Waals surface area contributed by atoms with E-state index in [9.17, 15) is 15.0 Å². The standard InChI is InChI=1S/C27H46O.C9H11NO5/c1-18(2)7-6-8-19(3)23-11-12-24-22-10-9-20-17-21(28)13-15-26(20,4)25(22)14-16-27(23,24)5;10-7(9(14)15)8(13)4-1-2-5(11)6(12)3-4/h9,18-19,21-25,28H,6-8,10-17H2,1-5H3;1-3,7-8,11-13H,10H2,(H,14,15)/t19-,21+,22+,23-,24+,25+,26+,27-;7-,8+/m10/s1. The Morgan fingerprint density at radius 3 is 2.37 bits per heavy atom. The third-order valence-corrected chi connectivity index (χ3v) is 12.2. The molecular weight excluding hydrogens is 542 g/mol. The van der Waals surface area contributed by atoms with Crippen LogP contribution in [0.5, 0.6) is 11.5 Å². The highest BCUT2D eigenvalue weighted by Gasteiger charge is 2.59. The first-order valence-electron chi connectivity index (χ1n) is 16.7. The predicted molar refractivity (Wildman–Crippen MR) is 169 cm³/mol. The number of nitrogens with two attached hydrogens (primary N) is 1. The molecule has 0 aromatic heterocycles. The van der Waals surface area contributed by atoms with Gasteiger partial charge in [-0.15, -0.1) is 0 Å². The van der Waals surface area contributed by atoms with E-state index in [2.05, 4.69) is 40.7 Å². The van der Waals surface area contributed by atoms with Gasteiger partial charge in [-0.3, -0.25) is 4.79 Å². The van der Waals surface area contributed by atoms with E-state index in [4.69, 9.17) is 21.1 Å². The van der Waals surface area contributed by atoms with Crippen LogP contribution in [0.25, 0.3) is 0 Å². The molecule has 10 atom stereocenters. The molecule has 0 heterocycles. The van der Waals surface area contributed by atoms with Gasteiger partial charge < -0.3 is 31.3 Å². The second-order valence-corrected chi connectivity index (χ2v) is 15.2. The molecule has 7 nitrogen and oxygen atoms in total. The van der Waals surface area contributed by atoms with Gasteiger partial charge in [-0.2, -0.15) is 0 Å². The minimum atomic E-state index is -1.48. The molecule has 0 radical (unpaired) electrons. The van der Waals surface area contributed by atoms with Crippen LogP contribution in [0.3, 0.4) is 0 Å². The maximum Gasteiger partial charge on any atom is 0.323 e. The van der Waals surface area contributed by atoms with Gasteiger partial charge in [0.1, 0.15) is 12.1 Å². The van der Waals surface area contributed by atoms with Gasteiger partial charge in [0.2, 0.25) is 0 Å². The van der Waals surface area contributed by atoms with Crippen molar-refractivity contribution in [1.29, 1.82) is 0 Å². The van der Waals surface area contributed by atoms with Crippen molar-refractivity contribution in [2.24, 2.45) is 52.1 Å². The van der Waals surface area contributed by atoms with Gasteiger partial charge in [-0.1, -0.05) is 71.6 Å². The van der Waals surface area contributed by atoms with Crippen LogP contribution in [0.1, 0.15) is 117 Å². The average Bonchev–Trinajstić information content (AvgIpc) is 3.31. The van der Waals surface area contributed by atoms with Crippen molar-refractivity contribution in [2.45, 2.75) is 123 Å². The van der Waals surface area contributed by atoms with Crippen molar-refractivity contribution in [3.05, 3.63) is 35.4 Å². The molecule has 242 valence electrons. The van der Waals surface area contributed by atoms with Gasteiger partial charge in [-0.05, 0) is 115 Å². The number of hydrogen-bond acceptors (Lipinski definition) is 6. The van der Waals surface area contributed by atoms with Crippen molar-refractivity contribution >= 4 is 5.97 Å². The summed E-state index contributed by atoms with van der Waals surface area (Å²) in [4.78, 5) is 10.5. The molecule has 43 heavy (non-hydrogen) atoms. The monoisotopic (exact) mass is 599 g/mol. The predicted octanol–water partition coefficient (Wildman–Crippen LogP) is 6.93. The molecular formula is C36H57NO6. The number of aliphatic hydroxyl groups is 2. The van der Waals surface area contributed by atoms with Crippen LogP contribution >= 0.6 is 0 Å². The largest absolute Gasteiger partial charge is 0.504 e. The Morgan fingerprint density at radius 1 is 1.00 bits per heavy atom. The average molecular weight is 600 g/mol. The number of rotatable bonds is 8. The lowest BCUT2D eigenvalue weighted by Crippen LogP contribution is -2.50. The zero-order valence-corrected chi connectivity index (χ0v) is 27.0. The summed E-state index contributed by atoms with van der Waals surface area (Å²) in [5.41, 5.74) is 7.91. The maximum atomic E-state index is 10.5. The first kappa shape index (κ1) is 33.8. The van der Waals surface area contributed by atoms with E-state index in [-0.39, 0.29) is 17.4 Å². The molecule has 0 amide bonds. The number of carbonyl (C=O) groups is 1. The van der Waals surface area contributed by atoms with Gasteiger partial charge in [0, 0.05) is 0 Å². The van der Waals surface area contributed by atoms with E-state index >= 15 is 0 Å². The summed E-state index contributed by atoms with van der Waals surface area (Å²) < 4.78 is 0. The van der Waals surface area contributed by atoms with Gasteiger partial charge in [0.25, 0.3) is 0 Å². The molecule has 0 spiro atoms. The van der Waals surface area contributed by atoms with Crippen molar-refractivity contribution < 1.29 is 30.3 Å². The number of aromatic hydroxyl groups is 2. The molecule has 0 saturated heterocycles.